The van der Waals surface area contributed by atoms with E-state index in [0.29, 0.717) is 18.8 Å². The summed E-state index contributed by atoms with van der Waals surface area (Å²) in [7, 11) is 0. The Balaban J connectivity index is 1.53. The predicted molar refractivity (Wildman–Crippen MR) is 115 cm³/mol. The molecule has 1 aliphatic heterocycles. The second-order valence-corrected chi connectivity index (χ2v) is 7.89. The number of halogens is 1. The zero-order chi connectivity index (χ0) is 19.9. The minimum atomic E-state index is -0.0562. The number of anilines is 3. The highest BCUT2D eigenvalue weighted by atomic mass is 79.9. The molecule has 0 aliphatic carbocycles. The number of piperidine rings is 1. The van der Waals surface area contributed by atoms with Crippen LogP contribution in [0.4, 0.5) is 17.3 Å². The number of aryl methyl sites for hydroxylation is 1. The molecule has 3 N–H and O–H groups in total. The maximum atomic E-state index is 12.2. The van der Waals surface area contributed by atoms with Crippen LogP contribution in [0.15, 0.2) is 35.1 Å². The largest absolute Gasteiger partial charge is 0.394 e. The van der Waals surface area contributed by atoms with Crippen LogP contribution in [-0.4, -0.2) is 46.7 Å². The Bertz CT molecular complexity index is 817. The number of benzene rings is 1. The van der Waals surface area contributed by atoms with Gasteiger partial charge < -0.3 is 20.6 Å². The summed E-state index contributed by atoms with van der Waals surface area (Å²) >= 11 is 3.42. The van der Waals surface area contributed by atoms with Crippen molar-refractivity contribution in [3.63, 3.8) is 0 Å². The first-order valence-corrected chi connectivity index (χ1v) is 10.4. The molecule has 150 valence electrons. The van der Waals surface area contributed by atoms with Crippen molar-refractivity contribution in [3.8, 4) is 0 Å². The van der Waals surface area contributed by atoms with Gasteiger partial charge in [-0.2, -0.15) is 0 Å². The van der Waals surface area contributed by atoms with Gasteiger partial charge in [-0.15, -0.1) is 0 Å². The van der Waals surface area contributed by atoms with E-state index in [1.54, 1.807) is 0 Å². The lowest BCUT2D eigenvalue weighted by atomic mass is 10.0. The zero-order valence-electron chi connectivity index (χ0n) is 16.0. The lowest BCUT2D eigenvalue weighted by molar-refractivity contribution is -0.115. The summed E-state index contributed by atoms with van der Waals surface area (Å²) in [4.78, 5) is 23.0. The van der Waals surface area contributed by atoms with Crippen molar-refractivity contribution < 1.29 is 9.90 Å². The van der Waals surface area contributed by atoms with Gasteiger partial charge in [-0.25, -0.2) is 9.97 Å². The third kappa shape index (κ3) is 5.42. The average molecular weight is 448 g/mol. The van der Waals surface area contributed by atoms with Crippen LogP contribution in [0.3, 0.4) is 0 Å². The van der Waals surface area contributed by atoms with Crippen molar-refractivity contribution in [2.75, 3.05) is 35.2 Å². The molecule has 0 spiro atoms. The van der Waals surface area contributed by atoms with E-state index in [-0.39, 0.29) is 18.6 Å². The molecule has 8 heteroatoms. The normalized spacial score (nSPS) is 16.7. The van der Waals surface area contributed by atoms with Gasteiger partial charge in [0.05, 0.1) is 12.6 Å². The number of carbonyl (C=O) groups excluding carboxylic acids is 1. The summed E-state index contributed by atoms with van der Waals surface area (Å²) in [6.45, 7) is 3.44. The Morgan fingerprint density at radius 2 is 2.18 bits per heavy atom. The van der Waals surface area contributed by atoms with E-state index in [9.17, 15) is 9.90 Å². The average Bonchev–Trinajstić information content (AvgIpc) is 2.71. The topological polar surface area (TPSA) is 90.4 Å². The second kappa shape index (κ2) is 9.84. The highest BCUT2D eigenvalue weighted by Crippen LogP contribution is 2.24. The molecule has 1 aromatic carbocycles. The molecule has 1 unspecified atom stereocenters. The van der Waals surface area contributed by atoms with Crippen molar-refractivity contribution in [3.05, 3.63) is 40.6 Å². The van der Waals surface area contributed by atoms with Gasteiger partial charge in [-0.05, 0) is 43.9 Å². The summed E-state index contributed by atoms with van der Waals surface area (Å²) < 4.78 is 0.930. The molecule has 1 amide bonds. The fourth-order valence-corrected chi connectivity index (χ4v) is 3.70. The molecule has 0 bridgehead atoms. The van der Waals surface area contributed by atoms with Crippen molar-refractivity contribution in [2.24, 2.45) is 0 Å². The van der Waals surface area contributed by atoms with Crippen molar-refractivity contribution >= 4 is 39.2 Å². The first-order chi connectivity index (χ1) is 13.6. The van der Waals surface area contributed by atoms with E-state index >= 15 is 0 Å². The van der Waals surface area contributed by atoms with Crippen LogP contribution >= 0.6 is 15.9 Å². The fourth-order valence-electron chi connectivity index (χ4n) is 3.34. The van der Waals surface area contributed by atoms with Crippen molar-refractivity contribution in [1.29, 1.82) is 0 Å². The second-order valence-electron chi connectivity index (χ2n) is 6.97. The number of hydrogen-bond acceptors (Lipinski definition) is 6. The minimum absolute atomic E-state index is 0.0562. The molecule has 2 heterocycles. The molecule has 1 aromatic heterocycles. The Kier molecular flexibility index (Phi) is 7.22. The molecule has 7 nitrogen and oxygen atoms in total. The number of nitrogens with one attached hydrogen (secondary N) is 2. The van der Waals surface area contributed by atoms with Gasteiger partial charge >= 0.3 is 0 Å². The molecule has 3 rings (SSSR count). The van der Waals surface area contributed by atoms with E-state index in [4.69, 9.17) is 0 Å². The first kappa shape index (κ1) is 20.5. The Hall–Kier alpha value is -2.19. The molecule has 1 fully saturated rings. The number of amides is 1. The lowest BCUT2D eigenvalue weighted by Gasteiger charge is -2.35. The summed E-state index contributed by atoms with van der Waals surface area (Å²) in [5.74, 6) is 1.43. The van der Waals surface area contributed by atoms with Gasteiger partial charge in [0.2, 0.25) is 5.91 Å². The standard InChI is InChI=1S/C20H26BrN5O2/c1-14-5-6-15(21)10-17(14)25-20(28)7-8-22-18-11-19(24-13-23-18)26-9-3-2-4-16(26)12-27/h5-6,10-11,13,16,27H,2-4,7-9,12H2,1H3,(H,25,28)(H,22,23,24). The number of rotatable bonds is 7. The van der Waals surface area contributed by atoms with E-state index in [1.165, 1.54) is 6.33 Å². The Morgan fingerprint density at radius 1 is 1.32 bits per heavy atom. The number of aromatic nitrogens is 2. The highest BCUT2D eigenvalue weighted by Gasteiger charge is 2.23. The monoisotopic (exact) mass is 447 g/mol. The minimum Gasteiger partial charge on any atom is -0.394 e. The molecule has 28 heavy (non-hydrogen) atoms. The van der Waals surface area contributed by atoms with Crippen LogP contribution in [0.25, 0.3) is 0 Å². The number of aliphatic hydroxyl groups is 1. The summed E-state index contributed by atoms with van der Waals surface area (Å²) in [6, 6.07) is 7.79. The molecular formula is C20H26BrN5O2. The van der Waals surface area contributed by atoms with Crippen LogP contribution in [0.2, 0.25) is 0 Å². The van der Waals surface area contributed by atoms with E-state index in [2.05, 4.69) is 41.4 Å². The summed E-state index contributed by atoms with van der Waals surface area (Å²) in [5, 5.41) is 15.7. The Labute approximate surface area is 173 Å². The Morgan fingerprint density at radius 3 is 3.00 bits per heavy atom. The molecule has 1 saturated heterocycles. The first-order valence-electron chi connectivity index (χ1n) is 9.56. The van der Waals surface area contributed by atoms with Crippen molar-refractivity contribution in [2.45, 2.75) is 38.6 Å². The van der Waals surface area contributed by atoms with Crippen molar-refractivity contribution in [1.82, 2.24) is 9.97 Å². The zero-order valence-corrected chi connectivity index (χ0v) is 17.6. The smallest absolute Gasteiger partial charge is 0.226 e. The number of hydrogen-bond donors (Lipinski definition) is 3. The van der Waals surface area contributed by atoms with Crippen LogP contribution < -0.4 is 15.5 Å². The van der Waals surface area contributed by atoms with Gasteiger partial charge in [0.25, 0.3) is 0 Å². The SMILES string of the molecule is Cc1ccc(Br)cc1NC(=O)CCNc1cc(N2CCCCC2CO)ncn1. The van der Waals surface area contributed by atoms with E-state index in [0.717, 1.165) is 47.3 Å². The van der Waals surface area contributed by atoms with Gasteiger partial charge in [0.1, 0.15) is 18.0 Å². The molecule has 1 aliphatic rings. The van der Waals surface area contributed by atoms with E-state index in [1.807, 2.05) is 31.2 Å². The maximum Gasteiger partial charge on any atom is 0.226 e. The quantitative estimate of drug-likeness (QED) is 0.602. The van der Waals surface area contributed by atoms with Crippen LogP contribution in [0, 0.1) is 6.92 Å². The molecular weight excluding hydrogens is 422 g/mol. The van der Waals surface area contributed by atoms with Crippen LogP contribution in [0.5, 0.6) is 0 Å². The molecule has 0 radical (unpaired) electrons. The van der Waals surface area contributed by atoms with Gasteiger partial charge in [0, 0.05) is 35.7 Å². The summed E-state index contributed by atoms with van der Waals surface area (Å²) in [5.41, 5.74) is 1.83. The maximum absolute atomic E-state index is 12.2. The highest BCUT2D eigenvalue weighted by molar-refractivity contribution is 9.10. The number of aliphatic hydroxyl groups excluding tert-OH is 1. The van der Waals surface area contributed by atoms with E-state index < -0.39 is 0 Å². The molecule has 1 atom stereocenters. The molecule has 2 aromatic rings. The lowest BCUT2D eigenvalue weighted by Crippen LogP contribution is -2.42. The van der Waals surface area contributed by atoms with Gasteiger partial charge in [0.15, 0.2) is 0 Å². The predicted octanol–water partition coefficient (Wildman–Crippen LogP) is 3.34. The third-order valence-electron chi connectivity index (χ3n) is 4.92. The van der Waals surface area contributed by atoms with Crippen LogP contribution in [-0.2, 0) is 4.79 Å². The number of carbonyl (C=O) groups is 1. The van der Waals surface area contributed by atoms with Gasteiger partial charge in [-0.1, -0.05) is 22.0 Å². The third-order valence-corrected chi connectivity index (χ3v) is 5.41. The fraction of sp³-hybridized carbons (Fsp3) is 0.450. The van der Waals surface area contributed by atoms with Gasteiger partial charge in [-0.3, -0.25) is 4.79 Å². The van der Waals surface area contributed by atoms with Crippen LogP contribution in [0.1, 0.15) is 31.2 Å². The summed E-state index contributed by atoms with van der Waals surface area (Å²) in [6.07, 6.45) is 5.04. The number of nitrogens with zero attached hydrogens (tertiary/aromatic N) is 3. The molecule has 0 saturated carbocycles.